The molecule has 5 nitrogen and oxygen atoms in total. The lowest BCUT2D eigenvalue weighted by molar-refractivity contribution is 0.0684. The Morgan fingerprint density at radius 2 is 2.35 bits per heavy atom. The van der Waals surface area contributed by atoms with Crippen LogP contribution in [-0.4, -0.2) is 21.0 Å². The van der Waals surface area contributed by atoms with Crippen LogP contribution in [0, 0.1) is 6.92 Å². The van der Waals surface area contributed by atoms with E-state index in [0.29, 0.717) is 12.3 Å². The van der Waals surface area contributed by atoms with Crippen LogP contribution in [0.5, 0.6) is 5.75 Å². The number of pyridine rings is 1. The van der Waals surface area contributed by atoms with E-state index < -0.39 is 5.97 Å². The number of carbonyl (C=O) groups is 1. The highest BCUT2D eigenvalue weighted by molar-refractivity contribution is 7.09. The largest absolute Gasteiger partial charge is 0.485 e. The van der Waals surface area contributed by atoms with Gasteiger partial charge in [0.15, 0.2) is 11.4 Å². The number of aromatic nitrogens is 2. The number of hydrogen-bond donors (Lipinski definition) is 1. The predicted octanol–water partition coefficient (Wildman–Crippen LogP) is 2.12. The van der Waals surface area contributed by atoms with Crippen molar-refractivity contribution in [2.75, 3.05) is 0 Å². The van der Waals surface area contributed by atoms with Crippen LogP contribution in [0.2, 0.25) is 0 Å². The Morgan fingerprint density at radius 3 is 3.00 bits per heavy atom. The van der Waals surface area contributed by atoms with Gasteiger partial charge in [-0.05, 0) is 19.1 Å². The van der Waals surface area contributed by atoms with Crippen molar-refractivity contribution in [3.05, 3.63) is 40.1 Å². The molecule has 0 aliphatic rings. The number of nitrogens with zero attached hydrogens (tertiary/aromatic N) is 2. The Labute approximate surface area is 102 Å². The third-order valence-corrected chi connectivity index (χ3v) is 2.81. The van der Waals surface area contributed by atoms with E-state index in [4.69, 9.17) is 9.84 Å². The van der Waals surface area contributed by atoms with Crippen molar-refractivity contribution in [3.63, 3.8) is 0 Å². The van der Waals surface area contributed by atoms with Crippen LogP contribution in [0.1, 0.15) is 21.1 Å². The zero-order chi connectivity index (χ0) is 12.3. The minimum Gasteiger partial charge on any atom is -0.485 e. The van der Waals surface area contributed by atoms with E-state index in [1.807, 2.05) is 0 Å². The maximum atomic E-state index is 11.0. The maximum absolute atomic E-state index is 11.0. The smallest absolute Gasteiger partial charge is 0.358 e. The summed E-state index contributed by atoms with van der Waals surface area (Å²) < 4.78 is 5.42. The van der Waals surface area contributed by atoms with Gasteiger partial charge in [-0.2, -0.15) is 0 Å². The molecule has 17 heavy (non-hydrogen) atoms. The second-order valence-electron chi connectivity index (χ2n) is 3.36. The van der Waals surface area contributed by atoms with Crippen molar-refractivity contribution in [1.82, 2.24) is 9.97 Å². The fraction of sp³-hybridized carbons (Fsp3) is 0.182. The van der Waals surface area contributed by atoms with Gasteiger partial charge in [-0.15, -0.1) is 11.3 Å². The van der Waals surface area contributed by atoms with E-state index in [0.717, 1.165) is 4.88 Å². The molecule has 0 spiro atoms. The minimum atomic E-state index is -1.09. The highest BCUT2D eigenvalue weighted by Crippen LogP contribution is 2.19. The maximum Gasteiger partial charge on any atom is 0.358 e. The molecule has 0 unspecified atom stereocenters. The minimum absolute atomic E-state index is 0.0606. The third kappa shape index (κ3) is 2.79. The van der Waals surface area contributed by atoms with Crippen molar-refractivity contribution < 1.29 is 14.6 Å². The Kier molecular flexibility index (Phi) is 3.34. The number of carboxylic acids is 1. The molecule has 2 rings (SSSR count). The summed E-state index contributed by atoms with van der Waals surface area (Å²) in [7, 11) is 0. The van der Waals surface area contributed by atoms with Crippen LogP contribution in [0.15, 0.2) is 23.8 Å². The molecule has 0 atom stereocenters. The molecule has 0 amide bonds. The molecule has 0 fully saturated rings. The molecule has 0 aliphatic heterocycles. The molecule has 0 radical (unpaired) electrons. The molecule has 0 aliphatic carbocycles. The zero-order valence-electron chi connectivity index (χ0n) is 9.08. The van der Waals surface area contributed by atoms with Gasteiger partial charge in [-0.3, -0.25) is 4.98 Å². The zero-order valence-corrected chi connectivity index (χ0v) is 9.90. The summed E-state index contributed by atoms with van der Waals surface area (Å²) in [6, 6.07) is 3.33. The van der Waals surface area contributed by atoms with E-state index in [2.05, 4.69) is 9.97 Å². The Morgan fingerprint density at radius 1 is 1.53 bits per heavy atom. The van der Waals surface area contributed by atoms with Crippen molar-refractivity contribution >= 4 is 17.3 Å². The molecule has 0 bridgehead atoms. The monoisotopic (exact) mass is 250 g/mol. The molecular weight excluding hydrogens is 240 g/mol. The number of carboxylic acid groups (broad SMARTS) is 1. The fourth-order valence-electron chi connectivity index (χ4n) is 1.28. The SMILES string of the molecule is Cc1ccc(OCc2cncs2)c(C(=O)O)n1. The molecule has 1 N–H and O–H groups in total. The van der Waals surface area contributed by atoms with Crippen molar-refractivity contribution in [1.29, 1.82) is 0 Å². The standard InChI is InChI=1S/C11H10N2O3S/c1-7-2-3-9(10(13-7)11(14)15)16-5-8-4-12-6-17-8/h2-4,6H,5H2,1H3,(H,14,15). The molecule has 6 heteroatoms. The van der Waals surface area contributed by atoms with Crippen LogP contribution in [0.25, 0.3) is 0 Å². The van der Waals surface area contributed by atoms with Gasteiger partial charge < -0.3 is 9.84 Å². The second kappa shape index (κ2) is 4.92. The first-order valence-electron chi connectivity index (χ1n) is 4.88. The van der Waals surface area contributed by atoms with Crippen molar-refractivity contribution in [3.8, 4) is 5.75 Å². The number of aryl methyl sites for hydroxylation is 1. The van der Waals surface area contributed by atoms with Crippen molar-refractivity contribution in [2.45, 2.75) is 13.5 Å². The third-order valence-electron chi connectivity index (χ3n) is 2.05. The summed E-state index contributed by atoms with van der Waals surface area (Å²) in [5.74, 6) is -0.815. The second-order valence-corrected chi connectivity index (χ2v) is 4.33. The average Bonchev–Trinajstić information content (AvgIpc) is 2.80. The van der Waals surface area contributed by atoms with Gasteiger partial charge in [0.25, 0.3) is 0 Å². The van der Waals surface area contributed by atoms with E-state index in [1.54, 1.807) is 30.8 Å². The van der Waals surface area contributed by atoms with Gasteiger partial charge in [-0.1, -0.05) is 0 Å². The van der Waals surface area contributed by atoms with E-state index in [-0.39, 0.29) is 11.4 Å². The Bertz CT molecular complexity index is 526. The first-order chi connectivity index (χ1) is 8.16. The van der Waals surface area contributed by atoms with Gasteiger partial charge >= 0.3 is 5.97 Å². The van der Waals surface area contributed by atoms with Gasteiger partial charge in [0, 0.05) is 11.9 Å². The molecular formula is C11H10N2O3S. The summed E-state index contributed by atoms with van der Waals surface area (Å²) in [6.07, 6.45) is 1.69. The van der Waals surface area contributed by atoms with Crippen molar-refractivity contribution in [2.24, 2.45) is 0 Å². The van der Waals surface area contributed by atoms with Crippen LogP contribution in [0.3, 0.4) is 0 Å². The number of thiazole rings is 1. The number of aromatic carboxylic acids is 1. The number of hydrogen-bond acceptors (Lipinski definition) is 5. The molecule has 2 aromatic rings. The first-order valence-corrected chi connectivity index (χ1v) is 5.76. The molecule has 0 saturated carbocycles. The molecule has 2 heterocycles. The summed E-state index contributed by atoms with van der Waals surface area (Å²) in [5, 5.41) is 9.00. The summed E-state index contributed by atoms with van der Waals surface area (Å²) >= 11 is 1.46. The quantitative estimate of drug-likeness (QED) is 0.899. The lowest BCUT2D eigenvalue weighted by Crippen LogP contribution is -2.06. The normalized spacial score (nSPS) is 10.2. The van der Waals surface area contributed by atoms with Crippen LogP contribution in [0.4, 0.5) is 0 Å². The van der Waals surface area contributed by atoms with E-state index in [9.17, 15) is 4.79 Å². The molecule has 0 aromatic carbocycles. The summed E-state index contributed by atoms with van der Waals surface area (Å²) in [6.45, 7) is 2.04. The predicted molar refractivity (Wildman–Crippen MR) is 62.4 cm³/mol. The lowest BCUT2D eigenvalue weighted by atomic mass is 10.3. The van der Waals surface area contributed by atoms with Gasteiger partial charge in [0.1, 0.15) is 6.61 Å². The van der Waals surface area contributed by atoms with Gasteiger partial charge in [-0.25, -0.2) is 9.78 Å². The summed E-state index contributed by atoms with van der Waals surface area (Å²) in [5.41, 5.74) is 2.28. The highest BCUT2D eigenvalue weighted by atomic mass is 32.1. The Hall–Kier alpha value is -1.95. The van der Waals surface area contributed by atoms with Crippen LogP contribution in [-0.2, 0) is 6.61 Å². The first kappa shape index (κ1) is 11.5. The Balaban J connectivity index is 2.17. The van der Waals surface area contributed by atoms with Crippen LogP contribution < -0.4 is 4.74 Å². The number of rotatable bonds is 4. The average molecular weight is 250 g/mol. The van der Waals surface area contributed by atoms with Crippen LogP contribution >= 0.6 is 11.3 Å². The molecule has 2 aromatic heterocycles. The molecule has 88 valence electrons. The van der Waals surface area contributed by atoms with E-state index in [1.165, 1.54) is 11.3 Å². The molecule has 0 saturated heterocycles. The topological polar surface area (TPSA) is 72.3 Å². The highest BCUT2D eigenvalue weighted by Gasteiger charge is 2.13. The van der Waals surface area contributed by atoms with E-state index >= 15 is 0 Å². The summed E-state index contributed by atoms with van der Waals surface area (Å²) in [4.78, 5) is 19.8. The van der Waals surface area contributed by atoms with Gasteiger partial charge in [0.05, 0.1) is 10.4 Å². The number of ether oxygens (including phenoxy) is 1. The lowest BCUT2D eigenvalue weighted by Gasteiger charge is -2.07. The fourth-order valence-corrected chi connectivity index (χ4v) is 1.78. The van der Waals surface area contributed by atoms with Gasteiger partial charge in [0.2, 0.25) is 0 Å².